The van der Waals surface area contributed by atoms with Gasteiger partial charge in [-0.15, -0.1) is 0 Å². The van der Waals surface area contributed by atoms with Crippen LogP contribution in [0.4, 0.5) is 15.3 Å². The van der Waals surface area contributed by atoms with Gasteiger partial charge >= 0.3 is 24.1 Å². The lowest BCUT2D eigenvalue weighted by Crippen LogP contribution is -2.45. The van der Waals surface area contributed by atoms with E-state index in [9.17, 15) is 24.0 Å². The smallest absolute Gasteiger partial charge is 0.407 e. The van der Waals surface area contributed by atoms with Crippen molar-refractivity contribution in [1.29, 1.82) is 0 Å². The van der Waals surface area contributed by atoms with E-state index in [2.05, 4.69) is 16.0 Å². The van der Waals surface area contributed by atoms with Crippen LogP contribution in [0.25, 0.3) is 11.1 Å². The van der Waals surface area contributed by atoms with E-state index in [1.54, 1.807) is 20.8 Å². The van der Waals surface area contributed by atoms with Crippen molar-refractivity contribution in [3.05, 3.63) is 89.0 Å². The summed E-state index contributed by atoms with van der Waals surface area (Å²) in [5, 5.41) is 7.87. The van der Waals surface area contributed by atoms with Gasteiger partial charge in [-0.2, -0.15) is 0 Å². The van der Waals surface area contributed by atoms with Crippen LogP contribution in [-0.2, 0) is 23.7 Å². The molecule has 3 N–H and O–H groups in total. The molecule has 1 aliphatic carbocycles. The fraction of sp³-hybridized carbons (Fsp3) is 0.343. The number of rotatable bonds is 11. The van der Waals surface area contributed by atoms with Crippen LogP contribution in [0.3, 0.4) is 0 Å². The van der Waals surface area contributed by atoms with Crippen molar-refractivity contribution in [2.45, 2.75) is 51.2 Å². The highest BCUT2D eigenvalue weighted by molar-refractivity contribution is 6.05. The van der Waals surface area contributed by atoms with E-state index in [0.717, 1.165) is 22.3 Å². The first-order chi connectivity index (χ1) is 22.4. The number of amides is 3. The first-order valence-electron chi connectivity index (χ1n) is 15.1. The van der Waals surface area contributed by atoms with Gasteiger partial charge in [0.1, 0.15) is 18.2 Å². The van der Waals surface area contributed by atoms with Gasteiger partial charge in [0.05, 0.1) is 31.0 Å². The first kappa shape index (κ1) is 34.5. The average molecular weight is 646 g/mol. The van der Waals surface area contributed by atoms with Gasteiger partial charge in [-0.05, 0) is 74.1 Å². The zero-order valence-corrected chi connectivity index (χ0v) is 27.0. The Hall–Kier alpha value is -5.39. The number of nitrogens with one attached hydrogen (secondary N) is 3. The van der Waals surface area contributed by atoms with Crippen LogP contribution in [0.5, 0.6) is 0 Å². The van der Waals surface area contributed by atoms with Gasteiger partial charge in [0, 0.05) is 12.5 Å². The average Bonchev–Trinajstić information content (AvgIpc) is 3.37. The Kier molecular flexibility index (Phi) is 11.2. The summed E-state index contributed by atoms with van der Waals surface area (Å²) in [6.07, 6.45) is -1.10. The van der Waals surface area contributed by atoms with E-state index < -0.39 is 41.7 Å². The van der Waals surface area contributed by atoms with E-state index in [1.165, 1.54) is 32.4 Å². The molecule has 0 aromatic heterocycles. The molecule has 12 nitrogen and oxygen atoms in total. The van der Waals surface area contributed by atoms with Gasteiger partial charge in [-0.1, -0.05) is 48.5 Å². The molecule has 248 valence electrons. The van der Waals surface area contributed by atoms with Crippen LogP contribution in [0.1, 0.15) is 71.4 Å². The second-order valence-electron chi connectivity index (χ2n) is 11.8. The van der Waals surface area contributed by atoms with E-state index in [-0.39, 0.29) is 48.7 Å². The summed E-state index contributed by atoms with van der Waals surface area (Å²) in [5.74, 6) is -2.32. The Morgan fingerprint density at radius 2 is 1.43 bits per heavy atom. The van der Waals surface area contributed by atoms with Gasteiger partial charge in [0.15, 0.2) is 0 Å². The Morgan fingerprint density at radius 3 is 2.02 bits per heavy atom. The lowest BCUT2D eigenvalue weighted by atomic mass is 9.98. The van der Waals surface area contributed by atoms with Crippen LogP contribution in [0, 0.1) is 0 Å². The highest BCUT2D eigenvalue weighted by Gasteiger charge is 2.30. The molecular weight excluding hydrogens is 606 g/mol. The number of methoxy groups -OCH3 is 2. The Labute approximate surface area is 273 Å². The zero-order valence-electron chi connectivity index (χ0n) is 27.0. The van der Waals surface area contributed by atoms with Gasteiger partial charge in [0.2, 0.25) is 5.91 Å². The lowest BCUT2D eigenvalue weighted by molar-refractivity contribution is -0.118. The highest BCUT2D eigenvalue weighted by atomic mass is 16.6. The third-order valence-electron chi connectivity index (χ3n) is 7.39. The van der Waals surface area contributed by atoms with Crippen molar-refractivity contribution in [2.24, 2.45) is 0 Å². The predicted octanol–water partition coefficient (Wildman–Crippen LogP) is 5.41. The Balaban J connectivity index is 1.49. The van der Waals surface area contributed by atoms with Crippen molar-refractivity contribution in [1.82, 2.24) is 10.6 Å². The molecule has 0 saturated heterocycles. The molecule has 12 heteroatoms. The van der Waals surface area contributed by atoms with Gasteiger partial charge in [-0.3, -0.25) is 4.79 Å². The molecule has 3 amide bonds. The standard InChI is InChI=1S/C35H39N3O9/c1-35(2,3)47-33(42)36-18-10-15-28(30(39)37-29-19-21(31(40)44-4)16-17-26(29)32(41)45-5)38-34(43)46-20-27-24-13-8-6-11-22(24)23-12-7-9-14-25(23)27/h6-9,11-14,16-17,19,27-28H,10,15,18,20H2,1-5H3,(H,36,42)(H,37,39)(H,38,43). The molecule has 4 rings (SSSR count). The van der Waals surface area contributed by atoms with Crippen LogP contribution < -0.4 is 16.0 Å². The van der Waals surface area contributed by atoms with Crippen LogP contribution >= 0.6 is 0 Å². The van der Waals surface area contributed by atoms with Gasteiger partial charge in [-0.25, -0.2) is 19.2 Å². The SMILES string of the molecule is COC(=O)c1ccc(C(=O)OC)c(NC(=O)C(CCCNC(=O)OC(C)(C)C)NC(=O)OCC2c3ccccc3-c3ccccc32)c1. The number of hydrogen-bond donors (Lipinski definition) is 3. The molecule has 0 saturated carbocycles. The van der Waals surface area contributed by atoms with E-state index >= 15 is 0 Å². The minimum Gasteiger partial charge on any atom is -0.465 e. The Morgan fingerprint density at radius 1 is 0.809 bits per heavy atom. The van der Waals surface area contributed by atoms with E-state index in [1.807, 2.05) is 48.5 Å². The molecule has 3 aromatic carbocycles. The molecule has 3 aromatic rings. The molecule has 1 aliphatic rings. The lowest BCUT2D eigenvalue weighted by Gasteiger charge is -2.21. The zero-order chi connectivity index (χ0) is 34.1. The maximum Gasteiger partial charge on any atom is 0.407 e. The molecule has 0 spiro atoms. The summed E-state index contributed by atoms with van der Waals surface area (Å²) >= 11 is 0. The number of benzene rings is 3. The fourth-order valence-electron chi connectivity index (χ4n) is 5.26. The number of ether oxygens (including phenoxy) is 4. The molecule has 0 heterocycles. The van der Waals surface area contributed by atoms with Crippen molar-refractivity contribution in [3.63, 3.8) is 0 Å². The van der Waals surface area contributed by atoms with E-state index in [0.29, 0.717) is 0 Å². The normalized spacial score (nSPS) is 12.5. The van der Waals surface area contributed by atoms with Gasteiger partial charge < -0.3 is 34.9 Å². The number of alkyl carbamates (subject to hydrolysis) is 2. The summed E-state index contributed by atoms with van der Waals surface area (Å²) in [5.41, 5.74) is 3.57. The second kappa shape index (κ2) is 15.3. The largest absolute Gasteiger partial charge is 0.465 e. The summed E-state index contributed by atoms with van der Waals surface area (Å²) in [4.78, 5) is 63.5. The predicted molar refractivity (Wildman–Crippen MR) is 173 cm³/mol. The molecule has 1 unspecified atom stereocenters. The fourth-order valence-corrected chi connectivity index (χ4v) is 5.26. The van der Waals surface area contributed by atoms with E-state index in [4.69, 9.17) is 18.9 Å². The second-order valence-corrected chi connectivity index (χ2v) is 11.8. The monoisotopic (exact) mass is 645 g/mol. The third-order valence-corrected chi connectivity index (χ3v) is 7.39. The first-order valence-corrected chi connectivity index (χ1v) is 15.1. The third kappa shape index (κ3) is 8.87. The van der Waals surface area contributed by atoms with Gasteiger partial charge in [0.25, 0.3) is 0 Å². The molecule has 47 heavy (non-hydrogen) atoms. The molecule has 1 atom stereocenters. The van der Waals surface area contributed by atoms with Crippen LogP contribution in [0.2, 0.25) is 0 Å². The Bertz CT molecular complexity index is 1600. The summed E-state index contributed by atoms with van der Waals surface area (Å²) in [6.45, 7) is 5.40. The highest BCUT2D eigenvalue weighted by Crippen LogP contribution is 2.44. The van der Waals surface area contributed by atoms with Crippen molar-refractivity contribution in [2.75, 3.05) is 32.7 Å². The molecule has 0 bridgehead atoms. The number of esters is 2. The summed E-state index contributed by atoms with van der Waals surface area (Å²) < 4.78 is 20.5. The minimum absolute atomic E-state index is 0.0139. The number of fused-ring (bicyclic) bond motifs is 3. The van der Waals surface area contributed by atoms with Crippen molar-refractivity contribution in [3.8, 4) is 11.1 Å². The minimum atomic E-state index is -1.15. The van der Waals surface area contributed by atoms with Crippen LogP contribution in [0.15, 0.2) is 66.7 Å². The maximum absolute atomic E-state index is 13.6. The summed E-state index contributed by atoms with van der Waals surface area (Å²) in [7, 11) is 2.38. The van der Waals surface area contributed by atoms with Crippen LogP contribution in [-0.4, -0.2) is 69.0 Å². The number of carbonyl (C=O) groups is 5. The maximum atomic E-state index is 13.6. The molecular formula is C35H39N3O9. The molecule has 0 radical (unpaired) electrons. The number of carbonyl (C=O) groups excluding carboxylic acids is 5. The summed E-state index contributed by atoms with van der Waals surface area (Å²) in [6, 6.07) is 18.6. The number of hydrogen-bond acceptors (Lipinski definition) is 9. The molecule has 0 aliphatic heterocycles. The van der Waals surface area contributed by atoms with Crippen molar-refractivity contribution < 1.29 is 42.9 Å². The number of anilines is 1. The quantitative estimate of drug-likeness (QED) is 0.141. The van der Waals surface area contributed by atoms with Crippen molar-refractivity contribution >= 4 is 35.7 Å². The topological polar surface area (TPSA) is 158 Å². The molecule has 0 fully saturated rings.